The van der Waals surface area contributed by atoms with Crippen LogP contribution in [0.4, 0.5) is 13.2 Å². The zero-order valence-corrected chi connectivity index (χ0v) is 15.6. The molecule has 0 saturated heterocycles. The second-order valence-electron chi connectivity index (χ2n) is 6.50. The first kappa shape index (κ1) is 21.0. The van der Waals surface area contributed by atoms with Crippen LogP contribution in [0, 0.1) is 0 Å². The van der Waals surface area contributed by atoms with Crippen molar-refractivity contribution in [2.75, 3.05) is 6.54 Å². The summed E-state index contributed by atoms with van der Waals surface area (Å²) in [6.45, 7) is 3.27. The molecule has 27 heavy (non-hydrogen) atoms. The van der Waals surface area contributed by atoms with E-state index in [1.165, 1.54) is 37.8 Å². The van der Waals surface area contributed by atoms with Crippen LogP contribution in [-0.2, 0) is 12.8 Å². The molecule has 2 nitrogen and oxygen atoms in total. The number of unbranched alkanes of at least 4 members (excludes halogenated alkanes) is 4. The highest BCUT2D eigenvalue weighted by Crippen LogP contribution is 2.29. The van der Waals surface area contributed by atoms with Gasteiger partial charge < -0.3 is 4.74 Å². The quantitative estimate of drug-likeness (QED) is 0.334. The summed E-state index contributed by atoms with van der Waals surface area (Å²) in [5, 5.41) is 0. The van der Waals surface area contributed by atoms with Crippen LogP contribution in [0.2, 0.25) is 0 Å². The van der Waals surface area contributed by atoms with E-state index in [1.54, 1.807) is 0 Å². The Morgan fingerprint density at radius 3 is 2.19 bits per heavy atom. The van der Waals surface area contributed by atoms with Gasteiger partial charge in [-0.1, -0.05) is 44.7 Å². The van der Waals surface area contributed by atoms with Crippen LogP contribution >= 0.6 is 0 Å². The molecule has 0 N–H and O–H groups in total. The first-order chi connectivity index (χ1) is 13.0. The predicted octanol–water partition coefficient (Wildman–Crippen LogP) is 6.67. The molecular weight excluding hydrogens is 351 g/mol. The van der Waals surface area contributed by atoms with Gasteiger partial charge in [-0.05, 0) is 53.9 Å². The van der Waals surface area contributed by atoms with Gasteiger partial charge in [-0.3, -0.25) is 4.99 Å². The molecule has 0 radical (unpaired) electrons. The fraction of sp³-hybridized carbons (Fsp3) is 0.409. The molecular formula is C22H26F3NO. The van der Waals surface area contributed by atoms with Crippen LogP contribution < -0.4 is 4.74 Å². The van der Waals surface area contributed by atoms with E-state index in [0.717, 1.165) is 30.7 Å². The molecule has 0 bridgehead atoms. The van der Waals surface area contributed by atoms with Gasteiger partial charge >= 0.3 is 6.18 Å². The number of nitrogens with zero attached hydrogens (tertiary/aromatic N) is 1. The Labute approximate surface area is 159 Å². The summed E-state index contributed by atoms with van der Waals surface area (Å²) in [5.74, 6) is 0.673. The lowest BCUT2D eigenvalue weighted by Gasteiger charge is -2.09. The Hall–Kier alpha value is -2.30. The summed E-state index contributed by atoms with van der Waals surface area (Å²) in [7, 11) is 0. The Balaban J connectivity index is 1.75. The normalized spacial score (nSPS) is 11.9. The Morgan fingerprint density at radius 2 is 1.56 bits per heavy atom. The number of alkyl halides is 3. The number of aliphatic imine (C=N–C) groups is 1. The van der Waals surface area contributed by atoms with Crippen molar-refractivity contribution in [3.05, 3.63) is 65.2 Å². The van der Waals surface area contributed by atoms with Gasteiger partial charge in [0.05, 0.1) is 5.56 Å². The smallest absolute Gasteiger partial charge is 0.416 e. The predicted molar refractivity (Wildman–Crippen MR) is 103 cm³/mol. The molecule has 2 aromatic carbocycles. The number of rotatable bonds is 10. The summed E-state index contributed by atoms with van der Waals surface area (Å²) in [5.41, 5.74) is 1.04. The van der Waals surface area contributed by atoms with Gasteiger partial charge in [0, 0.05) is 12.8 Å². The first-order valence-corrected chi connectivity index (χ1v) is 9.38. The van der Waals surface area contributed by atoms with Gasteiger partial charge in [-0.25, -0.2) is 0 Å². The van der Waals surface area contributed by atoms with E-state index in [4.69, 9.17) is 4.74 Å². The highest BCUT2D eigenvalue weighted by Gasteiger charge is 2.29. The van der Waals surface area contributed by atoms with Crippen LogP contribution in [0.1, 0.15) is 55.7 Å². The van der Waals surface area contributed by atoms with Crippen molar-refractivity contribution in [3.8, 4) is 5.75 Å². The molecule has 0 aliphatic carbocycles. The largest absolute Gasteiger partial charge is 0.489 e. The van der Waals surface area contributed by atoms with Crippen LogP contribution in [0.3, 0.4) is 0 Å². The maximum Gasteiger partial charge on any atom is 0.416 e. The lowest BCUT2D eigenvalue weighted by Crippen LogP contribution is -2.05. The maximum atomic E-state index is 12.5. The molecule has 2 rings (SSSR count). The van der Waals surface area contributed by atoms with Crippen molar-refractivity contribution >= 4 is 6.21 Å². The highest BCUT2D eigenvalue weighted by molar-refractivity contribution is 5.79. The van der Waals surface area contributed by atoms with Crippen molar-refractivity contribution in [1.29, 1.82) is 0 Å². The number of halogens is 3. The zero-order chi connectivity index (χ0) is 19.5. The van der Waals surface area contributed by atoms with Crippen LogP contribution in [0.15, 0.2) is 53.5 Å². The van der Waals surface area contributed by atoms with E-state index in [9.17, 15) is 13.2 Å². The minimum atomic E-state index is -4.31. The molecule has 0 amide bonds. The molecule has 146 valence electrons. The maximum absolute atomic E-state index is 12.5. The minimum absolute atomic E-state index is 0.226. The average molecular weight is 377 g/mol. The summed E-state index contributed by atoms with van der Waals surface area (Å²) in [6.07, 6.45) is 3.70. The molecule has 0 fully saturated rings. The van der Waals surface area contributed by atoms with Crippen molar-refractivity contribution in [2.24, 2.45) is 4.99 Å². The van der Waals surface area contributed by atoms with E-state index in [1.807, 2.05) is 30.5 Å². The van der Waals surface area contributed by atoms with Crippen molar-refractivity contribution in [2.45, 2.75) is 51.8 Å². The van der Waals surface area contributed by atoms with Crippen molar-refractivity contribution in [1.82, 2.24) is 0 Å². The molecule has 0 atom stereocenters. The van der Waals surface area contributed by atoms with Gasteiger partial charge in [0.1, 0.15) is 12.4 Å². The fourth-order valence-electron chi connectivity index (χ4n) is 2.58. The topological polar surface area (TPSA) is 21.6 Å². The minimum Gasteiger partial charge on any atom is -0.489 e. The van der Waals surface area contributed by atoms with E-state index in [0.29, 0.717) is 11.3 Å². The van der Waals surface area contributed by atoms with E-state index >= 15 is 0 Å². The molecule has 0 unspecified atom stereocenters. The molecule has 0 aliphatic rings. The number of hydrogen-bond acceptors (Lipinski definition) is 2. The van der Waals surface area contributed by atoms with Gasteiger partial charge in [-0.2, -0.15) is 13.2 Å². The zero-order valence-electron chi connectivity index (χ0n) is 15.6. The summed E-state index contributed by atoms with van der Waals surface area (Å²) >= 11 is 0. The number of ether oxygens (including phenoxy) is 1. The van der Waals surface area contributed by atoms with Crippen molar-refractivity contribution in [3.63, 3.8) is 0 Å². The first-order valence-electron chi connectivity index (χ1n) is 9.38. The van der Waals surface area contributed by atoms with E-state index in [2.05, 4.69) is 11.9 Å². The Bertz CT molecular complexity index is 691. The molecule has 0 heterocycles. The van der Waals surface area contributed by atoms with E-state index in [-0.39, 0.29) is 6.61 Å². The molecule has 2 aromatic rings. The lowest BCUT2D eigenvalue weighted by molar-refractivity contribution is -0.137. The van der Waals surface area contributed by atoms with Gasteiger partial charge in [0.2, 0.25) is 0 Å². The van der Waals surface area contributed by atoms with Crippen LogP contribution in [0.5, 0.6) is 5.75 Å². The third kappa shape index (κ3) is 7.85. The van der Waals surface area contributed by atoms with Gasteiger partial charge in [0.25, 0.3) is 0 Å². The molecule has 0 aromatic heterocycles. The number of hydrogen-bond donors (Lipinski definition) is 0. The highest BCUT2D eigenvalue weighted by atomic mass is 19.4. The van der Waals surface area contributed by atoms with Gasteiger partial charge in [0.15, 0.2) is 0 Å². The summed E-state index contributed by atoms with van der Waals surface area (Å²) in [6, 6.07) is 12.5. The third-order valence-electron chi connectivity index (χ3n) is 4.20. The van der Waals surface area contributed by atoms with Gasteiger partial charge in [-0.15, -0.1) is 0 Å². The summed E-state index contributed by atoms with van der Waals surface area (Å²) < 4.78 is 43.3. The SMILES string of the molecule is CCCCCCCN=Cc1ccc(OCc2ccc(C(F)(F)F)cc2)cc1. The Kier molecular flexibility index (Phi) is 8.37. The lowest BCUT2D eigenvalue weighted by atomic mass is 10.1. The van der Waals surface area contributed by atoms with Crippen LogP contribution in [-0.4, -0.2) is 12.8 Å². The average Bonchev–Trinajstić information content (AvgIpc) is 2.66. The van der Waals surface area contributed by atoms with Crippen molar-refractivity contribution < 1.29 is 17.9 Å². The number of benzene rings is 2. The third-order valence-corrected chi connectivity index (χ3v) is 4.20. The molecule has 0 aliphatic heterocycles. The second kappa shape index (κ2) is 10.8. The molecule has 5 heteroatoms. The molecule has 0 spiro atoms. The van der Waals surface area contributed by atoms with Crippen LogP contribution in [0.25, 0.3) is 0 Å². The van der Waals surface area contributed by atoms with E-state index < -0.39 is 11.7 Å². The summed E-state index contributed by atoms with van der Waals surface area (Å²) in [4.78, 5) is 4.43. The fourth-order valence-corrected chi connectivity index (χ4v) is 2.58. The molecule has 0 saturated carbocycles. The Morgan fingerprint density at radius 1 is 0.889 bits per heavy atom. The standard InChI is InChI=1S/C22H26F3NO/c1-2-3-4-5-6-15-26-16-18-9-13-21(14-10-18)27-17-19-7-11-20(12-8-19)22(23,24)25/h7-14,16H,2-6,15,17H2,1H3. The monoisotopic (exact) mass is 377 g/mol. The second-order valence-corrected chi connectivity index (χ2v) is 6.50.